The fraction of sp³-hybridized carbons (Fsp3) is 0.667. The molecule has 3 N–H and O–H groups in total. The first-order valence-corrected chi connectivity index (χ1v) is 2.25. The van der Waals surface area contributed by atoms with Gasteiger partial charge in [0.2, 0.25) is 0 Å². The Kier molecular flexibility index (Phi) is 13.7. The fourth-order valence-electron chi connectivity index (χ4n) is 0. The second-order valence-electron chi connectivity index (χ2n) is 2.00. The van der Waals surface area contributed by atoms with Crippen molar-refractivity contribution in [2.75, 3.05) is 0 Å². The van der Waals surface area contributed by atoms with Crippen LogP contribution in [0.2, 0.25) is 0 Å². The lowest BCUT2D eigenvalue weighted by Crippen LogP contribution is -1.66. The van der Waals surface area contributed by atoms with Gasteiger partial charge in [-0.25, -0.2) is 0 Å². The van der Waals surface area contributed by atoms with Gasteiger partial charge in [-0.1, -0.05) is 11.1 Å². The number of hydrogen-bond acceptors (Lipinski definition) is 1. The van der Waals surface area contributed by atoms with Gasteiger partial charge in [0.15, 0.2) is 0 Å². The summed E-state index contributed by atoms with van der Waals surface area (Å²) < 4.78 is 0. The van der Waals surface area contributed by atoms with E-state index in [4.69, 9.17) is 0 Å². The van der Waals surface area contributed by atoms with Crippen molar-refractivity contribution in [3.05, 3.63) is 11.1 Å². The first-order chi connectivity index (χ1) is 2.64. The van der Waals surface area contributed by atoms with E-state index in [-0.39, 0.29) is 18.6 Å². The summed E-state index contributed by atoms with van der Waals surface area (Å²) in [7, 11) is 0. The van der Waals surface area contributed by atoms with Gasteiger partial charge < -0.3 is 6.15 Å². The topological polar surface area (TPSA) is 35.0 Å². The summed E-state index contributed by atoms with van der Waals surface area (Å²) in [6, 6.07) is 0. The van der Waals surface area contributed by atoms with E-state index in [9.17, 15) is 0 Å². The normalized spacial score (nSPS) is 6.00. The van der Waals surface area contributed by atoms with Crippen molar-refractivity contribution in [2.24, 2.45) is 0 Å². The van der Waals surface area contributed by atoms with Crippen molar-refractivity contribution < 1.29 is 0 Å². The highest BCUT2D eigenvalue weighted by Crippen LogP contribution is 1.96. The zero-order valence-corrected chi connectivity index (χ0v) is 6.93. The molecule has 0 radical (unpaired) electrons. The van der Waals surface area contributed by atoms with Crippen LogP contribution in [-0.4, -0.2) is 0 Å². The number of allylic oxidation sites excluding steroid dienone is 2. The Bertz CT molecular complexity index is 58.6. The van der Waals surface area contributed by atoms with Crippen LogP contribution in [0.5, 0.6) is 0 Å². The quantitative estimate of drug-likeness (QED) is 0.512. The summed E-state index contributed by atoms with van der Waals surface area (Å²) in [6.45, 7) is 8.48. The van der Waals surface area contributed by atoms with Gasteiger partial charge in [-0.15, -0.1) is 12.4 Å². The van der Waals surface area contributed by atoms with Crippen molar-refractivity contribution in [2.45, 2.75) is 27.7 Å². The number of hydrogen-bond donors (Lipinski definition) is 1. The van der Waals surface area contributed by atoms with E-state index in [1.165, 1.54) is 11.1 Å². The zero-order chi connectivity index (χ0) is 5.15. The molecule has 0 aromatic heterocycles. The minimum atomic E-state index is 0. The molecule has 0 aliphatic carbocycles. The molecule has 0 fully saturated rings. The van der Waals surface area contributed by atoms with Crippen molar-refractivity contribution in [1.82, 2.24) is 6.15 Å². The lowest BCUT2D eigenvalue weighted by molar-refractivity contribution is 1.23. The summed E-state index contributed by atoms with van der Waals surface area (Å²) in [4.78, 5) is 0. The smallest absolute Gasteiger partial charge is 0.0440 e. The molecule has 0 spiro atoms. The molecule has 0 atom stereocenters. The molecule has 52 valence electrons. The molecule has 0 aliphatic heterocycles. The van der Waals surface area contributed by atoms with Gasteiger partial charge in [-0.3, -0.25) is 0 Å². The molecule has 0 bridgehead atoms. The van der Waals surface area contributed by atoms with Crippen LogP contribution in [0.15, 0.2) is 11.1 Å². The third kappa shape index (κ3) is 9.37. The van der Waals surface area contributed by atoms with Crippen LogP contribution in [-0.2, 0) is 0 Å². The summed E-state index contributed by atoms with van der Waals surface area (Å²) in [5, 5.41) is 0. The molecular weight excluding hydrogens is 122 g/mol. The highest BCUT2D eigenvalue weighted by Gasteiger charge is 1.75. The minimum Gasteiger partial charge on any atom is -0.344 e. The van der Waals surface area contributed by atoms with E-state index in [0.29, 0.717) is 0 Å². The maximum absolute atomic E-state index is 2.12. The fourth-order valence-corrected chi connectivity index (χ4v) is 0. The Balaban J connectivity index is -0.000000125. The zero-order valence-electron chi connectivity index (χ0n) is 6.12. The van der Waals surface area contributed by atoms with E-state index < -0.39 is 0 Å². The van der Waals surface area contributed by atoms with Crippen LogP contribution in [0.3, 0.4) is 0 Å². The van der Waals surface area contributed by atoms with Gasteiger partial charge in [0.05, 0.1) is 0 Å². The van der Waals surface area contributed by atoms with Gasteiger partial charge in [-0.2, -0.15) is 0 Å². The molecule has 0 aromatic rings. The van der Waals surface area contributed by atoms with Crippen molar-refractivity contribution in [3.63, 3.8) is 0 Å². The van der Waals surface area contributed by atoms with E-state index in [2.05, 4.69) is 27.7 Å². The Morgan fingerprint density at radius 2 is 0.875 bits per heavy atom. The van der Waals surface area contributed by atoms with Crippen molar-refractivity contribution >= 4 is 12.4 Å². The van der Waals surface area contributed by atoms with E-state index >= 15 is 0 Å². The molecule has 2 heteroatoms. The molecule has 0 amide bonds. The first kappa shape index (κ1) is 15.7. The van der Waals surface area contributed by atoms with Crippen LogP contribution >= 0.6 is 12.4 Å². The molecule has 0 unspecified atom stereocenters. The molecule has 0 aliphatic rings. The highest BCUT2D eigenvalue weighted by atomic mass is 35.5. The molecule has 0 aromatic carbocycles. The van der Waals surface area contributed by atoms with Crippen LogP contribution in [0.25, 0.3) is 0 Å². The third-order valence-electron chi connectivity index (χ3n) is 1.00. The first-order valence-electron chi connectivity index (χ1n) is 2.25. The number of halogens is 1. The van der Waals surface area contributed by atoms with Gasteiger partial charge >= 0.3 is 0 Å². The Morgan fingerprint density at radius 3 is 0.875 bits per heavy atom. The van der Waals surface area contributed by atoms with Gasteiger partial charge in [0.1, 0.15) is 0 Å². The molecule has 8 heavy (non-hydrogen) atoms. The van der Waals surface area contributed by atoms with Gasteiger partial charge in [0, 0.05) is 0 Å². The van der Waals surface area contributed by atoms with E-state index in [1.807, 2.05) is 0 Å². The molecule has 1 nitrogen and oxygen atoms in total. The monoisotopic (exact) mass is 137 g/mol. The largest absolute Gasteiger partial charge is 0.344 e. The third-order valence-corrected chi connectivity index (χ3v) is 1.00. The Hall–Kier alpha value is -0.0100. The maximum Gasteiger partial charge on any atom is -0.0440 e. The van der Waals surface area contributed by atoms with Crippen LogP contribution in [0.1, 0.15) is 27.7 Å². The molecule has 0 heterocycles. The predicted octanol–water partition coefficient (Wildman–Crippen LogP) is 2.95. The van der Waals surface area contributed by atoms with Crippen molar-refractivity contribution in [3.8, 4) is 0 Å². The second-order valence-corrected chi connectivity index (χ2v) is 2.00. The molecule has 0 saturated carbocycles. The average molecular weight is 138 g/mol. The SMILES string of the molecule is CC(C)=C(C)C.Cl.N. The van der Waals surface area contributed by atoms with Gasteiger partial charge in [-0.05, 0) is 27.7 Å². The standard InChI is InChI=1S/C6H12.ClH.H3N/c1-5(2)6(3)4;;/h1-4H3;1H;1H3. The van der Waals surface area contributed by atoms with Crippen LogP contribution in [0, 0.1) is 0 Å². The summed E-state index contributed by atoms with van der Waals surface area (Å²) in [5.41, 5.74) is 2.85. The van der Waals surface area contributed by atoms with E-state index in [0.717, 1.165) is 0 Å². The lowest BCUT2D eigenvalue weighted by Gasteiger charge is -1.88. The summed E-state index contributed by atoms with van der Waals surface area (Å²) in [6.07, 6.45) is 0. The highest BCUT2D eigenvalue weighted by molar-refractivity contribution is 5.85. The maximum atomic E-state index is 2.12. The Labute approximate surface area is 58.2 Å². The predicted molar refractivity (Wildman–Crippen MR) is 42.0 cm³/mol. The molecule has 0 saturated heterocycles. The molecular formula is C6H16ClN. The van der Waals surface area contributed by atoms with Crippen molar-refractivity contribution in [1.29, 1.82) is 0 Å². The lowest BCUT2D eigenvalue weighted by atomic mass is 10.2. The second kappa shape index (κ2) is 6.99. The average Bonchev–Trinajstić information content (AvgIpc) is 1.36. The van der Waals surface area contributed by atoms with Gasteiger partial charge in [0.25, 0.3) is 0 Å². The van der Waals surface area contributed by atoms with E-state index in [1.54, 1.807) is 0 Å². The number of rotatable bonds is 0. The van der Waals surface area contributed by atoms with Crippen LogP contribution < -0.4 is 6.15 Å². The minimum absolute atomic E-state index is 0. The molecule has 0 rings (SSSR count). The summed E-state index contributed by atoms with van der Waals surface area (Å²) >= 11 is 0. The Morgan fingerprint density at radius 1 is 0.750 bits per heavy atom. The summed E-state index contributed by atoms with van der Waals surface area (Å²) in [5.74, 6) is 0. The van der Waals surface area contributed by atoms with Crippen LogP contribution in [0.4, 0.5) is 0 Å².